The smallest absolute Gasteiger partial charge is 0.120 e. The van der Waals surface area contributed by atoms with Gasteiger partial charge in [0.1, 0.15) is 6.29 Å². The number of hydrogen-bond acceptors (Lipinski definition) is 2. The fourth-order valence-electron chi connectivity index (χ4n) is 1.08. The lowest BCUT2D eigenvalue weighted by Gasteiger charge is -2.18. The third kappa shape index (κ3) is 2.68. The first kappa shape index (κ1) is 9.96. The van der Waals surface area contributed by atoms with E-state index in [-0.39, 0.29) is 5.54 Å². The van der Waals surface area contributed by atoms with Crippen LogP contribution in [0.3, 0.4) is 0 Å². The minimum atomic E-state index is 0.0272. The minimum absolute atomic E-state index is 0.0272. The molecular weight excluding hydrogens is 164 g/mol. The predicted octanol–water partition coefficient (Wildman–Crippen LogP) is 1.77. The van der Waals surface area contributed by atoms with Crippen LogP contribution >= 0.6 is 0 Å². The van der Waals surface area contributed by atoms with Crippen molar-refractivity contribution in [2.45, 2.75) is 39.2 Å². The van der Waals surface area contributed by atoms with Gasteiger partial charge in [-0.05, 0) is 32.8 Å². The molecule has 1 aromatic rings. The third-order valence-corrected chi connectivity index (χ3v) is 1.87. The van der Waals surface area contributed by atoms with Gasteiger partial charge in [0.15, 0.2) is 0 Å². The summed E-state index contributed by atoms with van der Waals surface area (Å²) in [6, 6.07) is 0. The molecule has 0 aliphatic heterocycles. The largest absolute Gasteiger partial charge is 0.303 e. The molecule has 13 heavy (non-hydrogen) atoms. The molecule has 0 fully saturated rings. The van der Waals surface area contributed by atoms with Crippen molar-refractivity contribution in [1.29, 1.82) is 0 Å². The maximum Gasteiger partial charge on any atom is 0.120 e. The van der Waals surface area contributed by atoms with Gasteiger partial charge in [0.25, 0.3) is 0 Å². The van der Waals surface area contributed by atoms with E-state index < -0.39 is 0 Å². The van der Waals surface area contributed by atoms with Crippen molar-refractivity contribution in [2.75, 3.05) is 0 Å². The number of aromatic nitrogens is 2. The molecule has 1 aromatic heterocycles. The maximum absolute atomic E-state index is 10.2. The average molecular weight is 180 g/mol. The van der Waals surface area contributed by atoms with Crippen LogP contribution in [0.15, 0.2) is 12.4 Å². The van der Waals surface area contributed by atoms with Gasteiger partial charge in [-0.1, -0.05) is 0 Å². The lowest BCUT2D eigenvalue weighted by atomic mass is 10.1. The van der Waals surface area contributed by atoms with Gasteiger partial charge in [0, 0.05) is 12.6 Å². The number of nitrogens with zero attached hydrogens (tertiary/aromatic N) is 2. The molecule has 72 valence electrons. The zero-order valence-electron chi connectivity index (χ0n) is 8.45. The van der Waals surface area contributed by atoms with E-state index in [1.165, 1.54) is 0 Å². The summed E-state index contributed by atoms with van der Waals surface area (Å²) in [5.74, 6) is 0. The van der Waals surface area contributed by atoms with Crippen molar-refractivity contribution < 1.29 is 4.79 Å². The Hall–Kier alpha value is -1.12. The van der Waals surface area contributed by atoms with Gasteiger partial charge in [-0.2, -0.15) is 5.10 Å². The first-order valence-corrected chi connectivity index (χ1v) is 4.51. The monoisotopic (exact) mass is 180 g/mol. The second-order valence-electron chi connectivity index (χ2n) is 4.17. The third-order valence-electron chi connectivity index (χ3n) is 1.87. The second kappa shape index (κ2) is 3.73. The molecule has 0 N–H and O–H groups in total. The number of aldehydes is 1. The number of carbonyl (C=O) groups is 1. The lowest BCUT2D eigenvalue weighted by Crippen LogP contribution is -2.21. The molecule has 0 spiro atoms. The summed E-state index contributed by atoms with van der Waals surface area (Å²) in [7, 11) is 0. The molecule has 1 heterocycles. The summed E-state index contributed by atoms with van der Waals surface area (Å²) in [6.07, 6.45) is 6.14. The van der Waals surface area contributed by atoms with Crippen molar-refractivity contribution in [1.82, 2.24) is 9.78 Å². The summed E-state index contributed by atoms with van der Waals surface area (Å²) in [5.41, 5.74) is 1.15. The Morgan fingerprint density at radius 3 is 2.69 bits per heavy atom. The fraction of sp³-hybridized carbons (Fsp3) is 0.600. The molecule has 0 aromatic carbocycles. The van der Waals surface area contributed by atoms with Crippen LogP contribution < -0.4 is 0 Å². The summed E-state index contributed by atoms with van der Waals surface area (Å²) in [6.45, 7) is 6.30. The Morgan fingerprint density at radius 1 is 1.54 bits per heavy atom. The van der Waals surface area contributed by atoms with Gasteiger partial charge in [0.2, 0.25) is 0 Å². The van der Waals surface area contributed by atoms with Gasteiger partial charge in [-0.25, -0.2) is 0 Å². The van der Waals surface area contributed by atoms with Gasteiger partial charge >= 0.3 is 0 Å². The molecule has 0 radical (unpaired) electrons. The first-order valence-electron chi connectivity index (χ1n) is 4.51. The van der Waals surface area contributed by atoms with E-state index in [4.69, 9.17) is 0 Å². The van der Waals surface area contributed by atoms with Crippen molar-refractivity contribution in [3.63, 3.8) is 0 Å². The molecule has 3 heteroatoms. The van der Waals surface area contributed by atoms with Gasteiger partial charge in [-0.15, -0.1) is 0 Å². The number of carbonyl (C=O) groups excluding carboxylic acids is 1. The van der Waals surface area contributed by atoms with E-state index in [1.807, 2.05) is 17.1 Å². The Labute approximate surface area is 78.8 Å². The zero-order chi connectivity index (χ0) is 9.90. The van der Waals surface area contributed by atoms with Crippen molar-refractivity contribution in [2.24, 2.45) is 0 Å². The summed E-state index contributed by atoms with van der Waals surface area (Å²) >= 11 is 0. The molecule has 0 amide bonds. The van der Waals surface area contributed by atoms with Crippen LogP contribution in [0.25, 0.3) is 0 Å². The van der Waals surface area contributed by atoms with Gasteiger partial charge < -0.3 is 4.79 Å². The van der Waals surface area contributed by atoms with Crippen LogP contribution in [-0.2, 0) is 16.8 Å². The lowest BCUT2D eigenvalue weighted by molar-refractivity contribution is -0.107. The SMILES string of the molecule is CC(C)(C)n1cc(CCC=O)cn1. The summed E-state index contributed by atoms with van der Waals surface area (Å²) in [5, 5.41) is 4.24. The van der Waals surface area contributed by atoms with Crippen LogP contribution in [0, 0.1) is 0 Å². The van der Waals surface area contributed by atoms with E-state index >= 15 is 0 Å². The van der Waals surface area contributed by atoms with Gasteiger partial charge in [-0.3, -0.25) is 4.68 Å². The Morgan fingerprint density at radius 2 is 2.23 bits per heavy atom. The number of hydrogen-bond donors (Lipinski definition) is 0. The first-order chi connectivity index (χ1) is 6.04. The average Bonchev–Trinajstić information content (AvgIpc) is 2.47. The quantitative estimate of drug-likeness (QED) is 0.664. The highest BCUT2D eigenvalue weighted by atomic mass is 16.1. The standard InChI is InChI=1S/C10H16N2O/c1-10(2,3)12-8-9(7-11-12)5-4-6-13/h6-8H,4-5H2,1-3H3. The molecule has 0 atom stereocenters. The molecule has 3 nitrogen and oxygen atoms in total. The molecule has 1 rings (SSSR count). The van der Waals surface area contributed by atoms with Crippen LogP contribution in [0.5, 0.6) is 0 Å². The molecule has 0 unspecified atom stereocenters. The van der Waals surface area contributed by atoms with Crippen LogP contribution in [0.1, 0.15) is 32.8 Å². The molecular formula is C10H16N2O. The maximum atomic E-state index is 10.2. The normalized spacial score (nSPS) is 11.6. The topological polar surface area (TPSA) is 34.9 Å². The highest BCUT2D eigenvalue weighted by molar-refractivity contribution is 5.49. The zero-order valence-corrected chi connectivity index (χ0v) is 8.45. The molecule has 0 aliphatic rings. The molecule has 0 bridgehead atoms. The van der Waals surface area contributed by atoms with E-state index in [2.05, 4.69) is 25.9 Å². The molecule has 0 saturated carbocycles. The Bertz CT molecular complexity index is 283. The van der Waals surface area contributed by atoms with E-state index in [0.29, 0.717) is 6.42 Å². The highest BCUT2D eigenvalue weighted by Gasteiger charge is 2.13. The van der Waals surface area contributed by atoms with E-state index in [0.717, 1.165) is 18.3 Å². The van der Waals surface area contributed by atoms with E-state index in [1.54, 1.807) is 0 Å². The van der Waals surface area contributed by atoms with Crippen molar-refractivity contribution in [3.8, 4) is 0 Å². The highest BCUT2D eigenvalue weighted by Crippen LogP contribution is 2.13. The van der Waals surface area contributed by atoms with Crippen LogP contribution in [0.4, 0.5) is 0 Å². The summed E-state index contributed by atoms with van der Waals surface area (Å²) in [4.78, 5) is 10.2. The Kier molecular flexibility index (Phi) is 2.86. The summed E-state index contributed by atoms with van der Waals surface area (Å²) < 4.78 is 1.92. The van der Waals surface area contributed by atoms with Crippen LogP contribution in [0.2, 0.25) is 0 Å². The molecule has 0 saturated heterocycles. The Balaban J connectivity index is 2.69. The minimum Gasteiger partial charge on any atom is -0.303 e. The number of rotatable bonds is 3. The molecule has 0 aliphatic carbocycles. The van der Waals surface area contributed by atoms with Crippen molar-refractivity contribution in [3.05, 3.63) is 18.0 Å². The predicted molar refractivity (Wildman–Crippen MR) is 51.6 cm³/mol. The van der Waals surface area contributed by atoms with Crippen LogP contribution in [-0.4, -0.2) is 16.1 Å². The second-order valence-corrected chi connectivity index (χ2v) is 4.17. The fourth-order valence-corrected chi connectivity index (χ4v) is 1.08. The number of aryl methyl sites for hydroxylation is 1. The van der Waals surface area contributed by atoms with Gasteiger partial charge in [0.05, 0.1) is 11.7 Å². The van der Waals surface area contributed by atoms with Crippen molar-refractivity contribution >= 4 is 6.29 Å². The van der Waals surface area contributed by atoms with E-state index in [9.17, 15) is 4.79 Å².